The molecule has 0 saturated carbocycles. The molecule has 0 amide bonds. The van der Waals surface area contributed by atoms with E-state index in [0.29, 0.717) is 11.2 Å². The van der Waals surface area contributed by atoms with Gasteiger partial charge in [-0.15, -0.1) is 0 Å². The summed E-state index contributed by atoms with van der Waals surface area (Å²) in [6.07, 6.45) is 3.79. The molecule has 5 N–H and O–H groups in total. The summed E-state index contributed by atoms with van der Waals surface area (Å²) in [6.45, 7) is 3.80. The molecule has 1 unspecified atom stereocenters. The van der Waals surface area contributed by atoms with Crippen LogP contribution in [-0.4, -0.2) is 61.3 Å². The van der Waals surface area contributed by atoms with Gasteiger partial charge in [0.05, 0.1) is 19.7 Å². The quantitative estimate of drug-likeness (QED) is 0.272. The molecule has 0 bridgehead atoms. The fraction of sp³-hybridized carbons (Fsp3) is 0.407. The van der Waals surface area contributed by atoms with E-state index in [4.69, 9.17) is 10.5 Å². The largest absolute Gasteiger partial charge is 0.494 e. The third kappa shape index (κ3) is 5.19. The summed E-state index contributed by atoms with van der Waals surface area (Å²) < 4.78 is 19.9. The molecule has 0 aliphatic carbocycles. The number of nitrogens with zero attached hydrogens (tertiary/aromatic N) is 2. The predicted molar refractivity (Wildman–Crippen MR) is 145 cm³/mol. The maximum Gasteiger partial charge on any atom is 0.206 e. The van der Waals surface area contributed by atoms with E-state index < -0.39 is 11.6 Å². The monoisotopic (exact) mass is 526 g/mol. The number of aliphatic hydroxyl groups is 1. The molecule has 8 nitrogen and oxygen atoms in total. The van der Waals surface area contributed by atoms with Crippen LogP contribution < -0.4 is 25.6 Å². The number of nitrogens with two attached hydrogens (primary N) is 1. The van der Waals surface area contributed by atoms with Crippen LogP contribution in [-0.2, 0) is 0 Å². The van der Waals surface area contributed by atoms with Crippen molar-refractivity contribution < 1.29 is 19.0 Å². The Balaban J connectivity index is 1.34. The van der Waals surface area contributed by atoms with Gasteiger partial charge in [-0.05, 0) is 43.2 Å². The fourth-order valence-electron chi connectivity index (χ4n) is 5.70. The Morgan fingerprint density at radius 1 is 1.22 bits per heavy atom. The third-order valence-electron chi connectivity index (χ3n) is 7.55. The molecule has 0 spiro atoms. The molecular formula is C27H33FN5O3S+. The standard InChI is InChI=1S/C27H32FN5O3S/c1-36-23-9-4-17(15-22(23)28)24(35)25-26(29)32-27(37-25)31-18-5-7-19(8-6-18)33(14-2-3-21(34)16-33)20-10-12-30-13-11-20/h4-9,15,20-21,30,34H,2-3,10-14,16H2,1H3,(H2-,29,31,32,35)/p+1/t21?,33-/m0/s1. The lowest BCUT2D eigenvalue weighted by atomic mass is 9.94. The molecule has 2 atom stereocenters. The van der Waals surface area contributed by atoms with Crippen molar-refractivity contribution in [3.8, 4) is 5.75 Å². The van der Waals surface area contributed by atoms with Crippen LogP contribution in [0.1, 0.15) is 40.9 Å². The van der Waals surface area contributed by atoms with Gasteiger partial charge in [0.15, 0.2) is 16.7 Å². The molecule has 10 heteroatoms. The number of likely N-dealkylation sites (tertiary alicyclic amines) is 1. The van der Waals surface area contributed by atoms with E-state index in [1.807, 2.05) is 12.1 Å². The summed E-state index contributed by atoms with van der Waals surface area (Å²) in [5.41, 5.74) is 8.27. The highest BCUT2D eigenvalue weighted by Crippen LogP contribution is 2.37. The van der Waals surface area contributed by atoms with Crippen LogP contribution in [0.15, 0.2) is 42.5 Å². The highest BCUT2D eigenvalue weighted by molar-refractivity contribution is 7.18. The average molecular weight is 527 g/mol. The summed E-state index contributed by atoms with van der Waals surface area (Å²) in [5.74, 6) is -0.830. The fourth-order valence-corrected chi connectivity index (χ4v) is 6.56. The maximum atomic E-state index is 14.1. The zero-order valence-electron chi connectivity index (χ0n) is 20.9. The second-order valence-corrected chi connectivity index (χ2v) is 10.8. The summed E-state index contributed by atoms with van der Waals surface area (Å²) in [4.78, 5) is 17.5. The average Bonchev–Trinajstić information content (AvgIpc) is 3.28. The van der Waals surface area contributed by atoms with Gasteiger partial charge in [0.2, 0.25) is 5.78 Å². The summed E-state index contributed by atoms with van der Waals surface area (Å²) in [6, 6.07) is 12.8. The molecule has 2 saturated heterocycles. The topological polar surface area (TPSA) is 110 Å². The van der Waals surface area contributed by atoms with Crippen LogP contribution in [0.25, 0.3) is 0 Å². The van der Waals surface area contributed by atoms with Crippen LogP contribution in [0, 0.1) is 5.82 Å². The lowest BCUT2D eigenvalue weighted by Gasteiger charge is -2.49. The van der Waals surface area contributed by atoms with E-state index in [1.54, 1.807) is 0 Å². The van der Waals surface area contributed by atoms with E-state index in [-0.39, 0.29) is 28.1 Å². The maximum absolute atomic E-state index is 14.1. The van der Waals surface area contributed by atoms with Crippen molar-refractivity contribution in [1.82, 2.24) is 14.8 Å². The first-order valence-corrected chi connectivity index (χ1v) is 13.5. The van der Waals surface area contributed by atoms with Crippen LogP contribution in [0.2, 0.25) is 0 Å². The van der Waals surface area contributed by atoms with E-state index >= 15 is 0 Å². The zero-order valence-corrected chi connectivity index (χ0v) is 21.7. The van der Waals surface area contributed by atoms with Crippen LogP contribution in [0.4, 0.5) is 26.7 Å². The number of nitrogens with one attached hydrogen (secondary N) is 2. The number of carbonyl (C=O) groups is 1. The first-order valence-electron chi connectivity index (χ1n) is 12.7. The van der Waals surface area contributed by atoms with Crippen LogP contribution >= 0.6 is 11.3 Å². The smallest absolute Gasteiger partial charge is 0.206 e. The molecule has 0 radical (unpaired) electrons. The Morgan fingerprint density at radius 2 is 1.97 bits per heavy atom. The first-order chi connectivity index (χ1) is 17.9. The van der Waals surface area contributed by atoms with Crippen molar-refractivity contribution in [2.75, 3.05) is 44.3 Å². The van der Waals surface area contributed by atoms with Crippen molar-refractivity contribution >= 4 is 39.4 Å². The van der Waals surface area contributed by atoms with Gasteiger partial charge in [-0.3, -0.25) is 9.28 Å². The van der Waals surface area contributed by atoms with E-state index in [1.165, 1.54) is 24.9 Å². The number of carbonyl (C=O) groups excluding carboxylic acids is 1. The second kappa shape index (κ2) is 10.7. The Labute approximate surface area is 219 Å². The number of benzene rings is 2. The summed E-state index contributed by atoms with van der Waals surface area (Å²) in [7, 11) is 1.37. The van der Waals surface area contributed by atoms with Gasteiger partial charge in [-0.25, -0.2) is 9.37 Å². The number of ether oxygens (including phenoxy) is 1. The number of ketones is 1. The van der Waals surface area contributed by atoms with Gasteiger partial charge in [-0.1, -0.05) is 11.3 Å². The van der Waals surface area contributed by atoms with Gasteiger partial charge in [0.25, 0.3) is 0 Å². The van der Waals surface area contributed by atoms with Crippen molar-refractivity contribution in [2.45, 2.75) is 37.8 Å². The number of hydrogen-bond donors (Lipinski definition) is 4. The van der Waals surface area contributed by atoms with Gasteiger partial charge in [0.1, 0.15) is 29.0 Å². The molecule has 1 aromatic heterocycles. The van der Waals surface area contributed by atoms with Gasteiger partial charge >= 0.3 is 0 Å². The molecule has 5 rings (SSSR count). The number of hydrogen-bond acceptors (Lipinski definition) is 8. The molecule has 3 heterocycles. The highest BCUT2D eigenvalue weighted by atomic mass is 32.1. The lowest BCUT2D eigenvalue weighted by Crippen LogP contribution is -2.64. The number of halogens is 1. The molecule has 2 fully saturated rings. The van der Waals surface area contributed by atoms with Gasteiger partial charge in [-0.2, -0.15) is 0 Å². The van der Waals surface area contributed by atoms with Gasteiger partial charge < -0.3 is 26.2 Å². The molecule has 2 aliphatic rings. The molecule has 3 aromatic rings. The number of nitrogen functional groups attached to an aromatic ring is 1. The van der Waals surface area contributed by atoms with Crippen molar-refractivity contribution in [2.24, 2.45) is 0 Å². The summed E-state index contributed by atoms with van der Waals surface area (Å²) >= 11 is 1.13. The third-order valence-corrected chi connectivity index (χ3v) is 8.53. The van der Waals surface area contributed by atoms with Crippen molar-refractivity contribution in [1.29, 1.82) is 0 Å². The first kappa shape index (κ1) is 25.6. The normalized spacial score (nSPS) is 22.5. The minimum atomic E-state index is -0.610. The number of methoxy groups -OCH3 is 1. The second-order valence-electron chi connectivity index (χ2n) is 9.80. The molecule has 2 aromatic carbocycles. The summed E-state index contributed by atoms with van der Waals surface area (Å²) in [5, 5.41) is 17.8. The number of aromatic nitrogens is 1. The van der Waals surface area contributed by atoms with E-state index in [0.717, 1.165) is 79.4 Å². The van der Waals surface area contributed by atoms with E-state index in [9.17, 15) is 14.3 Å². The molecular weight excluding hydrogens is 493 g/mol. The van der Waals surface area contributed by atoms with Crippen molar-refractivity contribution in [3.05, 3.63) is 58.7 Å². The Morgan fingerprint density at radius 3 is 2.65 bits per heavy atom. The number of rotatable bonds is 7. The van der Waals surface area contributed by atoms with Gasteiger partial charge in [0, 0.05) is 49.3 Å². The Kier molecular flexibility index (Phi) is 7.43. The predicted octanol–water partition coefficient (Wildman–Crippen LogP) is 4.06. The van der Waals surface area contributed by atoms with Crippen LogP contribution in [0.5, 0.6) is 5.75 Å². The van der Waals surface area contributed by atoms with E-state index in [2.05, 4.69) is 27.8 Å². The highest BCUT2D eigenvalue weighted by Gasteiger charge is 2.43. The minimum Gasteiger partial charge on any atom is -0.494 e. The van der Waals surface area contributed by atoms with Crippen molar-refractivity contribution in [3.63, 3.8) is 0 Å². The number of piperidine rings is 2. The Hall–Kier alpha value is -3.05. The minimum absolute atomic E-state index is 0.0721. The molecule has 2 aliphatic heterocycles. The number of thiazole rings is 1. The number of aliphatic hydroxyl groups excluding tert-OH is 1. The molecule has 37 heavy (non-hydrogen) atoms. The Bertz CT molecular complexity index is 1260. The molecule has 196 valence electrons. The zero-order chi connectivity index (χ0) is 26.0. The SMILES string of the molecule is COc1ccc(C(=O)c2sc(Nc3ccc([N@+]4(C5CCNCC5)CCCC(O)C4)cc3)nc2N)cc1F. The van der Waals surface area contributed by atoms with Crippen LogP contribution in [0.3, 0.4) is 0 Å². The number of quaternary nitrogens is 1. The number of anilines is 3. The lowest BCUT2D eigenvalue weighted by molar-refractivity contribution is 0.0418.